The van der Waals surface area contributed by atoms with E-state index in [0.717, 1.165) is 38.0 Å². The van der Waals surface area contributed by atoms with Crippen LogP contribution in [-0.4, -0.2) is 35.7 Å². The lowest BCUT2D eigenvalue weighted by molar-refractivity contribution is 0.0290. The van der Waals surface area contributed by atoms with Crippen LogP contribution in [-0.2, 0) is 6.42 Å². The SMILES string of the molecule is CCN1CCC(O)C(Cc2c(Cl)cccc2Cl)C1. The van der Waals surface area contributed by atoms with Crippen LogP contribution >= 0.6 is 23.2 Å². The zero-order valence-corrected chi connectivity index (χ0v) is 12.1. The summed E-state index contributed by atoms with van der Waals surface area (Å²) in [6.45, 7) is 5.07. The number of aliphatic hydroxyl groups excluding tert-OH is 1. The number of benzene rings is 1. The van der Waals surface area contributed by atoms with E-state index in [4.69, 9.17) is 23.2 Å². The Labute approximate surface area is 119 Å². The summed E-state index contributed by atoms with van der Waals surface area (Å²) in [5.41, 5.74) is 0.961. The molecule has 0 amide bonds. The third-order valence-electron chi connectivity index (χ3n) is 3.75. The van der Waals surface area contributed by atoms with E-state index in [1.165, 1.54) is 0 Å². The normalized spacial score (nSPS) is 25.3. The lowest BCUT2D eigenvalue weighted by Gasteiger charge is -2.35. The molecule has 0 spiro atoms. The van der Waals surface area contributed by atoms with E-state index in [1.54, 1.807) is 0 Å². The van der Waals surface area contributed by atoms with Gasteiger partial charge in [-0.3, -0.25) is 0 Å². The third-order valence-corrected chi connectivity index (χ3v) is 4.46. The van der Waals surface area contributed by atoms with Crippen molar-refractivity contribution in [1.82, 2.24) is 4.90 Å². The van der Waals surface area contributed by atoms with Crippen LogP contribution in [0.2, 0.25) is 10.0 Å². The second-order valence-electron chi connectivity index (χ2n) is 4.91. The largest absolute Gasteiger partial charge is 0.393 e. The summed E-state index contributed by atoms with van der Waals surface area (Å²) in [7, 11) is 0. The van der Waals surface area contributed by atoms with Crippen LogP contribution in [0.15, 0.2) is 18.2 Å². The minimum Gasteiger partial charge on any atom is -0.393 e. The summed E-state index contributed by atoms with van der Waals surface area (Å²) in [5, 5.41) is 11.5. The van der Waals surface area contributed by atoms with E-state index >= 15 is 0 Å². The molecule has 2 atom stereocenters. The first kappa shape index (κ1) is 14.1. The van der Waals surface area contributed by atoms with Gasteiger partial charge in [0.25, 0.3) is 0 Å². The number of aliphatic hydroxyl groups is 1. The first-order valence-corrected chi connectivity index (χ1v) is 7.20. The molecule has 0 aromatic heterocycles. The van der Waals surface area contributed by atoms with Gasteiger partial charge in [-0.1, -0.05) is 36.2 Å². The molecular formula is C14H19Cl2NO. The van der Waals surface area contributed by atoms with Gasteiger partial charge in [-0.2, -0.15) is 0 Å². The molecule has 2 rings (SSSR count). The standard InChI is InChI=1S/C14H19Cl2NO/c1-2-17-7-6-14(18)10(9-17)8-11-12(15)4-3-5-13(11)16/h3-5,10,14,18H,2,6-9H2,1H3. The second kappa shape index (κ2) is 6.25. The summed E-state index contributed by atoms with van der Waals surface area (Å²) in [5.74, 6) is 0.219. The molecule has 1 aliphatic heterocycles. The van der Waals surface area contributed by atoms with Crippen LogP contribution < -0.4 is 0 Å². The quantitative estimate of drug-likeness (QED) is 0.923. The number of rotatable bonds is 3. The van der Waals surface area contributed by atoms with Gasteiger partial charge < -0.3 is 10.0 Å². The van der Waals surface area contributed by atoms with Gasteiger partial charge in [0.05, 0.1) is 6.10 Å². The molecule has 1 saturated heterocycles. The molecule has 1 fully saturated rings. The molecule has 0 bridgehead atoms. The molecule has 0 radical (unpaired) electrons. The maximum atomic E-state index is 10.1. The average molecular weight is 288 g/mol. The van der Waals surface area contributed by atoms with Crippen LogP contribution in [0, 0.1) is 5.92 Å². The van der Waals surface area contributed by atoms with Crippen molar-refractivity contribution < 1.29 is 5.11 Å². The highest BCUT2D eigenvalue weighted by atomic mass is 35.5. The smallest absolute Gasteiger partial charge is 0.0596 e. The molecule has 100 valence electrons. The molecule has 4 heteroatoms. The van der Waals surface area contributed by atoms with Crippen LogP contribution in [0.4, 0.5) is 0 Å². The number of hydrogen-bond donors (Lipinski definition) is 1. The van der Waals surface area contributed by atoms with Crippen molar-refractivity contribution in [2.45, 2.75) is 25.9 Å². The predicted octanol–water partition coefficient (Wildman–Crippen LogP) is 3.24. The van der Waals surface area contributed by atoms with Crippen molar-refractivity contribution in [3.05, 3.63) is 33.8 Å². The van der Waals surface area contributed by atoms with E-state index in [0.29, 0.717) is 10.0 Å². The minimum absolute atomic E-state index is 0.219. The Morgan fingerprint density at radius 2 is 2.00 bits per heavy atom. The maximum Gasteiger partial charge on any atom is 0.0596 e. The first-order valence-electron chi connectivity index (χ1n) is 6.45. The molecule has 1 heterocycles. The molecule has 0 saturated carbocycles. The van der Waals surface area contributed by atoms with E-state index in [2.05, 4.69) is 11.8 Å². The van der Waals surface area contributed by atoms with Gasteiger partial charge in [-0.15, -0.1) is 0 Å². The van der Waals surface area contributed by atoms with Gasteiger partial charge in [0, 0.05) is 29.1 Å². The molecule has 1 aliphatic rings. The highest BCUT2D eigenvalue weighted by Crippen LogP contribution is 2.30. The highest BCUT2D eigenvalue weighted by Gasteiger charge is 2.28. The number of piperidine rings is 1. The summed E-state index contributed by atoms with van der Waals surface area (Å²) in [6.07, 6.45) is 1.33. The lowest BCUT2D eigenvalue weighted by Crippen LogP contribution is -2.43. The van der Waals surface area contributed by atoms with Crippen molar-refractivity contribution in [3.63, 3.8) is 0 Å². The Kier molecular flexibility index (Phi) is 4.91. The van der Waals surface area contributed by atoms with Crippen molar-refractivity contribution >= 4 is 23.2 Å². The van der Waals surface area contributed by atoms with Crippen LogP contribution in [0.1, 0.15) is 18.9 Å². The van der Waals surface area contributed by atoms with Crippen molar-refractivity contribution in [2.75, 3.05) is 19.6 Å². The van der Waals surface area contributed by atoms with E-state index in [1.807, 2.05) is 18.2 Å². The van der Waals surface area contributed by atoms with Crippen LogP contribution in [0.5, 0.6) is 0 Å². The zero-order valence-electron chi connectivity index (χ0n) is 10.6. The zero-order chi connectivity index (χ0) is 13.1. The van der Waals surface area contributed by atoms with Crippen LogP contribution in [0.3, 0.4) is 0 Å². The van der Waals surface area contributed by atoms with Gasteiger partial charge >= 0.3 is 0 Å². The molecule has 2 unspecified atom stereocenters. The van der Waals surface area contributed by atoms with Gasteiger partial charge in [-0.25, -0.2) is 0 Å². The van der Waals surface area contributed by atoms with E-state index in [9.17, 15) is 5.11 Å². The fraction of sp³-hybridized carbons (Fsp3) is 0.571. The third kappa shape index (κ3) is 3.18. The van der Waals surface area contributed by atoms with Crippen molar-refractivity contribution in [3.8, 4) is 0 Å². The molecule has 18 heavy (non-hydrogen) atoms. The number of halogens is 2. The minimum atomic E-state index is -0.250. The van der Waals surface area contributed by atoms with Gasteiger partial charge in [0.1, 0.15) is 0 Å². The Morgan fingerprint density at radius 1 is 1.33 bits per heavy atom. The fourth-order valence-electron chi connectivity index (χ4n) is 2.57. The van der Waals surface area contributed by atoms with Crippen LogP contribution in [0.25, 0.3) is 0 Å². The predicted molar refractivity (Wildman–Crippen MR) is 76.4 cm³/mol. The molecule has 0 aliphatic carbocycles. The molecule has 1 aromatic carbocycles. The summed E-state index contributed by atoms with van der Waals surface area (Å²) < 4.78 is 0. The molecule has 2 nitrogen and oxygen atoms in total. The molecule has 1 N–H and O–H groups in total. The maximum absolute atomic E-state index is 10.1. The Morgan fingerprint density at radius 3 is 2.61 bits per heavy atom. The molecular weight excluding hydrogens is 269 g/mol. The van der Waals surface area contributed by atoms with Crippen molar-refractivity contribution in [2.24, 2.45) is 5.92 Å². The summed E-state index contributed by atoms with van der Waals surface area (Å²) in [4.78, 5) is 2.36. The summed E-state index contributed by atoms with van der Waals surface area (Å²) in [6, 6.07) is 5.56. The van der Waals surface area contributed by atoms with E-state index in [-0.39, 0.29) is 12.0 Å². The average Bonchev–Trinajstić information content (AvgIpc) is 2.36. The highest BCUT2D eigenvalue weighted by molar-refractivity contribution is 6.35. The summed E-state index contributed by atoms with van der Waals surface area (Å²) >= 11 is 12.4. The Bertz CT molecular complexity index is 391. The van der Waals surface area contributed by atoms with Gasteiger partial charge in [0.2, 0.25) is 0 Å². The second-order valence-corrected chi connectivity index (χ2v) is 5.73. The lowest BCUT2D eigenvalue weighted by atomic mass is 9.88. The topological polar surface area (TPSA) is 23.5 Å². The number of nitrogens with zero attached hydrogens (tertiary/aromatic N) is 1. The number of likely N-dealkylation sites (tertiary alicyclic amines) is 1. The Hall–Kier alpha value is -0.280. The van der Waals surface area contributed by atoms with Gasteiger partial charge in [0.15, 0.2) is 0 Å². The van der Waals surface area contributed by atoms with Crippen molar-refractivity contribution in [1.29, 1.82) is 0 Å². The molecule has 1 aromatic rings. The Balaban J connectivity index is 2.12. The first-order chi connectivity index (χ1) is 8.61. The van der Waals surface area contributed by atoms with E-state index < -0.39 is 0 Å². The fourth-order valence-corrected chi connectivity index (χ4v) is 3.12. The monoisotopic (exact) mass is 287 g/mol. The van der Waals surface area contributed by atoms with Gasteiger partial charge in [-0.05, 0) is 37.1 Å². The number of hydrogen-bond acceptors (Lipinski definition) is 2.